The van der Waals surface area contributed by atoms with Crippen molar-refractivity contribution in [3.63, 3.8) is 0 Å². The van der Waals surface area contributed by atoms with Gasteiger partial charge in [0.05, 0.1) is 12.3 Å². The van der Waals surface area contributed by atoms with E-state index >= 15 is 0 Å². The molecule has 0 atom stereocenters. The van der Waals surface area contributed by atoms with Crippen LogP contribution in [0, 0.1) is 12.7 Å². The SMILES string of the molecule is CCCNc1nc(-c2ccc3c(c2)CCO3)nc(C)c1F. The van der Waals surface area contributed by atoms with Crippen LogP contribution in [0.25, 0.3) is 11.4 Å². The number of nitrogens with zero attached hydrogens (tertiary/aromatic N) is 2. The molecule has 3 rings (SSSR count). The number of halogens is 1. The summed E-state index contributed by atoms with van der Waals surface area (Å²) in [6.07, 6.45) is 1.80. The maximum absolute atomic E-state index is 14.0. The molecule has 0 radical (unpaired) electrons. The highest BCUT2D eigenvalue weighted by molar-refractivity contribution is 5.61. The molecular formula is C16H18FN3O. The Morgan fingerprint density at radius 3 is 3.00 bits per heavy atom. The van der Waals surface area contributed by atoms with E-state index < -0.39 is 0 Å². The smallest absolute Gasteiger partial charge is 0.186 e. The van der Waals surface area contributed by atoms with Crippen LogP contribution in [-0.4, -0.2) is 23.1 Å². The van der Waals surface area contributed by atoms with Gasteiger partial charge in [0.1, 0.15) is 5.75 Å². The molecule has 0 fully saturated rings. The van der Waals surface area contributed by atoms with Gasteiger partial charge < -0.3 is 10.1 Å². The molecular weight excluding hydrogens is 269 g/mol. The molecule has 2 heterocycles. The number of hydrogen-bond acceptors (Lipinski definition) is 4. The summed E-state index contributed by atoms with van der Waals surface area (Å²) in [5.74, 6) is 1.36. The molecule has 1 aliphatic rings. The van der Waals surface area contributed by atoms with Gasteiger partial charge in [-0.05, 0) is 37.1 Å². The number of ether oxygens (including phenoxy) is 1. The fourth-order valence-corrected chi connectivity index (χ4v) is 2.37. The number of anilines is 1. The fraction of sp³-hybridized carbons (Fsp3) is 0.375. The molecule has 1 aromatic carbocycles. The number of benzene rings is 1. The molecule has 110 valence electrons. The summed E-state index contributed by atoms with van der Waals surface area (Å²) in [5.41, 5.74) is 2.40. The number of nitrogens with one attached hydrogen (secondary N) is 1. The molecule has 1 aliphatic heterocycles. The Morgan fingerprint density at radius 1 is 1.33 bits per heavy atom. The second-order valence-electron chi connectivity index (χ2n) is 5.14. The van der Waals surface area contributed by atoms with Crippen LogP contribution in [0.3, 0.4) is 0 Å². The Hall–Kier alpha value is -2.17. The van der Waals surface area contributed by atoms with Crippen LogP contribution in [0.4, 0.5) is 10.2 Å². The number of fused-ring (bicyclic) bond motifs is 1. The van der Waals surface area contributed by atoms with Gasteiger partial charge in [0, 0.05) is 18.5 Å². The molecule has 1 N–H and O–H groups in total. The first-order valence-electron chi connectivity index (χ1n) is 7.23. The number of rotatable bonds is 4. The van der Waals surface area contributed by atoms with Gasteiger partial charge in [0.25, 0.3) is 0 Å². The number of hydrogen-bond donors (Lipinski definition) is 1. The molecule has 5 heteroatoms. The van der Waals surface area contributed by atoms with Crippen molar-refractivity contribution >= 4 is 5.82 Å². The molecule has 0 aliphatic carbocycles. The number of aromatic nitrogens is 2. The van der Waals surface area contributed by atoms with Crippen LogP contribution in [-0.2, 0) is 6.42 Å². The first-order chi connectivity index (χ1) is 10.2. The third-order valence-electron chi connectivity index (χ3n) is 3.51. The van der Waals surface area contributed by atoms with Crippen molar-refractivity contribution in [2.75, 3.05) is 18.5 Å². The van der Waals surface area contributed by atoms with E-state index in [2.05, 4.69) is 15.3 Å². The zero-order valence-corrected chi connectivity index (χ0v) is 12.2. The topological polar surface area (TPSA) is 47.0 Å². The van der Waals surface area contributed by atoms with Crippen LogP contribution in [0.2, 0.25) is 0 Å². The molecule has 4 nitrogen and oxygen atoms in total. The lowest BCUT2D eigenvalue weighted by atomic mass is 10.1. The molecule has 0 unspecified atom stereocenters. The van der Waals surface area contributed by atoms with Crippen LogP contribution in [0.1, 0.15) is 24.6 Å². The van der Waals surface area contributed by atoms with Crippen molar-refractivity contribution in [1.29, 1.82) is 0 Å². The first kappa shape index (κ1) is 13.8. The molecule has 0 saturated heterocycles. The van der Waals surface area contributed by atoms with Gasteiger partial charge in [-0.15, -0.1) is 0 Å². The molecule has 0 amide bonds. The Balaban J connectivity index is 2.00. The van der Waals surface area contributed by atoms with E-state index in [1.165, 1.54) is 0 Å². The normalized spacial score (nSPS) is 12.9. The second kappa shape index (κ2) is 5.68. The van der Waals surface area contributed by atoms with Gasteiger partial charge in [-0.25, -0.2) is 14.4 Å². The molecule has 0 bridgehead atoms. The summed E-state index contributed by atoms with van der Waals surface area (Å²) in [7, 11) is 0. The van der Waals surface area contributed by atoms with Crippen LogP contribution < -0.4 is 10.1 Å². The van der Waals surface area contributed by atoms with Gasteiger partial charge >= 0.3 is 0 Å². The van der Waals surface area contributed by atoms with Gasteiger partial charge in [-0.3, -0.25) is 0 Å². The molecule has 0 saturated carbocycles. The van der Waals surface area contributed by atoms with E-state index in [-0.39, 0.29) is 11.6 Å². The van der Waals surface area contributed by atoms with Crippen LogP contribution in [0.15, 0.2) is 18.2 Å². The van der Waals surface area contributed by atoms with E-state index in [1.807, 2.05) is 25.1 Å². The summed E-state index contributed by atoms with van der Waals surface area (Å²) in [6, 6.07) is 5.87. The first-order valence-corrected chi connectivity index (χ1v) is 7.23. The summed E-state index contributed by atoms with van der Waals surface area (Å²) in [6.45, 7) is 5.09. The van der Waals surface area contributed by atoms with E-state index in [4.69, 9.17) is 4.74 Å². The highest BCUT2D eigenvalue weighted by atomic mass is 19.1. The summed E-state index contributed by atoms with van der Waals surface area (Å²) < 4.78 is 19.5. The van der Waals surface area contributed by atoms with Gasteiger partial charge in [0.15, 0.2) is 17.5 Å². The lowest BCUT2D eigenvalue weighted by Crippen LogP contribution is -2.08. The Kier molecular flexibility index (Phi) is 3.73. The van der Waals surface area contributed by atoms with Crippen molar-refractivity contribution in [2.45, 2.75) is 26.7 Å². The fourth-order valence-electron chi connectivity index (χ4n) is 2.37. The summed E-state index contributed by atoms with van der Waals surface area (Å²) in [4.78, 5) is 8.60. The minimum Gasteiger partial charge on any atom is -0.493 e. The van der Waals surface area contributed by atoms with E-state index in [1.54, 1.807) is 6.92 Å². The molecule has 2 aromatic rings. The summed E-state index contributed by atoms with van der Waals surface area (Å²) >= 11 is 0. The van der Waals surface area contributed by atoms with Crippen molar-refractivity contribution < 1.29 is 9.13 Å². The third kappa shape index (κ3) is 2.68. The predicted molar refractivity (Wildman–Crippen MR) is 80.1 cm³/mol. The Morgan fingerprint density at radius 2 is 2.19 bits per heavy atom. The average molecular weight is 287 g/mol. The maximum Gasteiger partial charge on any atom is 0.186 e. The number of aryl methyl sites for hydroxylation is 1. The van der Waals surface area contributed by atoms with Crippen molar-refractivity contribution in [3.8, 4) is 17.1 Å². The van der Waals surface area contributed by atoms with Crippen molar-refractivity contribution in [3.05, 3.63) is 35.3 Å². The minimum atomic E-state index is -0.378. The van der Waals surface area contributed by atoms with E-state index in [0.717, 1.165) is 29.7 Å². The molecule has 0 spiro atoms. The summed E-state index contributed by atoms with van der Waals surface area (Å²) in [5, 5.41) is 3.02. The van der Waals surface area contributed by atoms with Gasteiger partial charge in [0.2, 0.25) is 0 Å². The Labute approximate surface area is 123 Å². The maximum atomic E-state index is 14.0. The molecule has 1 aromatic heterocycles. The zero-order chi connectivity index (χ0) is 14.8. The highest BCUT2D eigenvalue weighted by Crippen LogP contribution is 2.30. The minimum absolute atomic E-state index is 0.274. The highest BCUT2D eigenvalue weighted by Gasteiger charge is 2.16. The average Bonchev–Trinajstić information content (AvgIpc) is 2.96. The van der Waals surface area contributed by atoms with Gasteiger partial charge in [-0.1, -0.05) is 6.92 Å². The standard InChI is InChI=1S/C16H18FN3O/c1-3-7-18-16-14(17)10(2)19-15(20-16)12-4-5-13-11(9-12)6-8-21-13/h4-5,9H,3,6-8H2,1-2H3,(H,18,19,20). The lowest BCUT2D eigenvalue weighted by molar-refractivity contribution is 0.357. The lowest BCUT2D eigenvalue weighted by Gasteiger charge is -2.10. The second-order valence-corrected chi connectivity index (χ2v) is 5.14. The Bertz CT molecular complexity index is 673. The van der Waals surface area contributed by atoms with Crippen LogP contribution >= 0.6 is 0 Å². The monoisotopic (exact) mass is 287 g/mol. The predicted octanol–water partition coefficient (Wildman–Crippen LogP) is 3.35. The van der Waals surface area contributed by atoms with E-state index in [9.17, 15) is 4.39 Å². The van der Waals surface area contributed by atoms with E-state index in [0.29, 0.717) is 24.7 Å². The zero-order valence-electron chi connectivity index (χ0n) is 12.2. The van der Waals surface area contributed by atoms with Crippen molar-refractivity contribution in [1.82, 2.24) is 9.97 Å². The largest absolute Gasteiger partial charge is 0.493 e. The van der Waals surface area contributed by atoms with Crippen molar-refractivity contribution in [2.24, 2.45) is 0 Å². The molecule has 21 heavy (non-hydrogen) atoms. The van der Waals surface area contributed by atoms with Gasteiger partial charge in [-0.2, -0.15) is 0 Å². The third-order valence-corrected chi connectivity index (χ3v) is 3.51. The van der Waals surface area contributed by atoms with Crippen LogP contribution in [0.5, 0.6) is 5.75 Å². The quantitative estimate of drug-likeness (QED) is 0.936.